The third kappa shape index (κ3) is 4.58. The molecule has 0 spiro atoms. The van der Waals surface area contributed by atoms with Gasteiger partial charge in [0.05, 0.1) is 25.4 Å². The van der Waals surface area contributed by atoms with Crippen LogP contribution in [0, 0.1) is 0 Å². The molecule has 2 aromatic rings. The average Bonchev–Trinajstić information content (AvgIpc) is 3.11. The molecule has 1 heterocycles. The normalized spacial score (nSPS) is 11.5. The maximum Gasteiger partial charge on any atom is 0.244 e. The summed E-state index contributed by atoms with van der Waals surface area (Å²) in [6.45, 7) is 4.64. The van der Waals surface area contributed by atoms with E-state index in [-0.39, 0.29) is 11.3 Å². The molecular weight excluding hydrogens is 324 g/mol. The smallest absolute Gasteiger partial charge is 0.244 e. The molecule has 128 valence electrons. The Bertz CT molecular complexity index is 709. The molecule has 0 aliphatic heterocycles. The van der Waals surface area contributed by atoms with E-state index in [4.69, 9.17) is 9.47 Å². The van der Waals surface area contributed by atoms with Gasteiger partial charge in [-0.3, -0.25) is 4.79 Å². The summed E-state index contributed by atoms with van der Waals surface area (Å²) >= 11 is 1.50. The summed E-state index contributed by atoms with van der Waals surface area (Å²) in [5.74, 6) is 1.22. The zero-order valence-electron chi connectivity index (χ0n) is 14.3. The summed E-state index contributed by atoms with van der Waals surface area (Å²) in [5.41, 5.74) is 3.33. The first kappa shape index (κ1) is 18.0. The lowest BCUT2D eigenvalue weighted by atomic mass is 9.84. The van der Waals surface area contributed by atoms with Crippen LogP contribution in [0.3, 0.4) is 0 Å². The predicted molar refractivity (Wildman–Crippen MR) is 96.7 cm³/mol. The van der Waals surface area contributed by atoms with Crippen LogP contribution in [0.1, 0.15) is 25.1 Å². The van der Waals surface area contributed by atoms with Crippen molar-refractivity contribution in [2.45, 2.75) is 19.3 Å². The number of carbonyl (C=O) groups excluding carboxylic acids is 1. The number of hydrogen-bond donors (Lipinski definition) is 1. The van der Waals surface area contributed by atoms with Gasteiger partial charge in [-0.25, -0.2) is 4.98 Å². The molecule has 1 amide bonds. The molecule has 0 aliphatic rings. The number of ether oxygens (including phenoxy) is 2. The van der Waals surface area contributed by atoms with Crippen molar-refractivity contribution >= 4 is 23.3 Å². The number of amides is 1. The lowest BCUT2D eigenvalue weighted by Crippen LogP contribution is -2.35. The van der Waals surface area contributed by atoms with Gasteiger partial charge in [0.25, 0.3) is 0 Å². The minimum Gasteiger partial charge on any atom is -0.493 e. The third-order valence-corrected chi connectivity index (χ3v) is 4.33. The van der Waals surface area contributed by atoms with E-state index in [1.807, 2.05) is 23.6 Å². The van der Waals surface area contributed by atoms with Crippen LogP contribution in [0.4, 0.5) is 0 Å². The lowest BCUT2D eigenvalue weighted by Gasteiger charge is -2.26. The van der Waals surface area contributed by atoms with E-state index in [1.54, 1.807) is 25.8 Å². The monoisotopic (exact) mass is 346 g/mol. The van der Waals surface area contributed by atoms with Gasteiger partial charge in [0, 0.05) is 23.4 Å². The highest BCUT2D eigenvalue weighted by Crippen LogP contribution is 2.32. The molecule has 1 aromatic heterocycles. The van der Waals surface area contributed by atoms with Crippen molar-refractivity contribution in [2.24, 2.45) is 0 Å². The second-order valence-electron chi connectivity index (χ2n) is 5.92. The minimum absolute atomic E-state index is 0.142. The van der Waals surface area contributed by atoms with Crippen molar-refractivity contribution in [3.63, 3.8) is 0 Å². The second-order valence-corrected chi connectivity index (χ2v) is 6.64. The van der Waals surface area contributed by atoms with Crippen LogP contribution in [0.2, 0.25) is 0 Å². The Labute approximate surface area is 146 Å². The van der Waals surface area contributed by atoms with Gasteiger partial charge in [0.2, 0.25) is 5.91 Å². The van der Waals surface area contributed by atoms with E-state index in [1.165, 1.54) is 17.4 Å². The Hall–Kier alpha value is -2.34. The molecule has 2 rings (SSSR count). The standard InChI is InChI=1S/C18H22N2O3S/c1-18(2,13-5-7-15(22-3)16(9-13)23-4)11-19-17(21)8-6-14-10-24-12-20-14/h5-10,12H,11H2,1-4H3,(H,19,21)/b8-6+. The SMILES string of the molecule is COc1ccc(C(C)(C)CNC(=O)/C=C/c2cscn2)cc1OC. The van der Waals surface area contributed by atoms with Crippen LogP contribution in [0.25, 0.3) is 6.08 Å². The van der Waals surface area contributed by atoms with Gasteiger partial charge in [0.15, 0.2) is 11.5 Å². The number of benzene rings is 1. The lowest BCUT2D eigenvalue weighted by molar-refractivity contribution is -0.116. The maximum atomic E-state index is 12.0. The fraction of sp³-hybridized carbons (Fsp3) is 0.333. The molecule has 6 heteroatoms. The van der Waals surface area contributed by atoms with Crippen molar-refractivity contribution in [1.82, 2.24) is 10.3 Å². The molecule has 0 unspecified atom stereocenters. The van der Waals surface area contributed by atoms with Gasteiger partial charge in [-0.15, -0.1) is 11.3 Å². The summed E-state index contributed by atoms with van der Waals surface area (Å²) in [6.07, 6.45) is 3.20. The first-order valence-corrected chi connectivity index (χ1v) is 8.47. The summed E-state index contributed by atoms with van der Waals surface area (Å²) in [5, 5.41) is 4.81. The Morgan fingerprint density at radius 2 is 2.04 bits per heavy atom. The van der Waals surface area contributed by atoms with Crippen LogP contribution in [-0.2, 0) is 10.2 Å². The highest BCUT2D eigenvalue weighted by Gasteiger charge is 2.22. The van der Waals surface area contributed by atoms with Crippen LogP contribution >= 0.6 is 11.3 Å². The topological polar surface area (TPSA) is 60.5 Å². The molecule has 1 aromatic carbocycles. The number of aromatic nitrogens is 1. The molecule has 5 nitrogen and oxygen atoms in total. The Morgan fingerprint density at radius 3 is 2.67 bits per heavy atom. The number of nitrogens with one attached hydrogen (secondary N) is 1. The Morgan fingerprint density at radius 1 is 1.29 bits per heavy atom. The van der Waals surface area contributed by atoms with Crippen LogP contribution in [0.5, 0.6) is 11.5 Å². The number of hydrogen-bond acceptors (Lipinski definition) is 5. The second kappa shape index (κ2) is 7.97. The highest BCUT2D eigenvalue weighted by atomic mass is 32.1. The van der Waals surface area contributed by atoms with Crippen molar-refractivity contribution in [2.75, 3.05) is 20.8 Å². The molecule has 0 bridgehead atoms. The summed E-state index contributed by atoms with van der Waals surface area (Å²) in [7, 11) is 3.22. The van der Waals surface area contributed by atoms with Gasteiger partial charge in [-0.2, -0.15) is 0 Å². The zero-order valence-corrected chi connectivity index (χ0v) is 15.1. The fourth-order valence-electron chi connectivity index (χ4n) is 2.19. The quantitative estimate of drug-likeness (QED) is 0.782. The van der Waals surface area contributed by atoms with E-state index in [2.05, 4.69) is 24.1 Å². The molecule has 24 heavy (non-hydrogen) atoms. The largest absolute Gasteiger partial charge is 0.493 e. The van der Waals surface area contributed by atoms with Gasteiger partial charge in [0.1, 0.15) is 0 Å². The van der Waals surface area contributed by atoms with E-state index in [9.17, 15) is 4.79 Å². The molecule has 0 atom stereocenters. The summed E-state index contributed by atoms with van der Waals surface area (Å²) in [4.78, 5) is 16.1. The maximum absolute atomic E-state index is 12.0. The third-order valence-electron chi connectivity index (χ3n) is 3.73. The highest BCUT2D eigenvalue weighted by molar-refractivity contribution is 7.07. The molecule has 0 radical (unpaired) electrons. The predicted octanol–water partition coefficient (Wildman–Crippen LogP) is 3.27. The molecule has 0 aliphatic carbocycles. The van der Waals surface area contributed by atoms with E-state index >= 15 is 0 Å². The van der Waals surface area contributed by atoms with Crippen LogP contribution in [0.15, 0.2) is 35.2 Å². The van der Waals surface area contributed by atoms with Gasteiger partial charge in [-0.1, -0.05) is 19.9 Å². The van der Waals surface area contributed by atoms with Crippen LogP contribution in [-0.4, -0.2) is 31.7 Å². The van der Waals surface area contributed by atoms with Gasteiger partial charge < -0.3 is 14.8 Å². The van der Waals surface area contributed by atoms with Crippen LogP contribution < -0.4 is 14.8 Å². The fourth-order valence-corrected chi connectivity index (χ4v) is 2.71. The molecule has 0 fully saturated rings. The van der Waals surface area contributed by atoms with Crippen molar-refractivity contribution in [1.29, 1.82) is 0 Å². The molecule has 0 saturated carbocycles. The minimum atomic E-state index is -0.246. The Balaban J connectivity index is 2.01. The molecule has 0 saturated heterocycles. The van der Waals surface area contributed by atoms with E-state index in [0.29, 0.717) is 18.0 Å². The molecular formula is C18H22N2O3S. The first-order chi connectivity index (χ1) is 11.5. The van der Waals surface area contributed by atoms with E-state index in [0.717, 1.165) is 11.3 Å². The van der Waals surface area contributed by atoms with Crippen molar-refractivity contribution < 1.29 is 14.3 Å². The van der Waals surface area contributed by atoms with Gasteiger partial charge >= 0.3 is 0 Å². The van der Waals surface area contributed by atoms with Gasteiger partial charge in [-0.05, 0) is 23.8 Å². The van der Waals surface area contributed by atoms with Crippen molar-refractivity contribution in [3.05, 3.63) is 46.4 Å². The summed E-state index contributed by atoms with van der Waals surface area (Å²) < 4.78 is 10.6. The average molecular weight is 346 g/mol. The summed E-state index contributed by atoms with van der Waals surface area (Å²) in [6, 6.07) is 5.80. The number of rotatable bonds is 7. The van der Waals surface area contributed by atoms with Crippen molar-refractivity contribution in [3.8, 4) is 11.5 Å². The van der Waals surface area contributed by atoms with E-state index < -0.39 is 0 Å². The number of nitrogens with zero attached hydrogens (tertiary/aromatic N) is 1. The number of thiazole rings is 1. The first-order valence-electron chi connectivity index (χ1n) is 7.53. The number of carbonyl (C=O) groups is 1. The molecule has 1 N–H and O–H groups in total. The zero-order chi connectivity index (χ0) is 17.6. The Kier molecular flexibility index (Phi) is 5.98. The number of methoxy groups -OCH3 is 2.